The fraction of sp³-hybridized carbons (Fsp3) is 0.188. The lowest BCUT2D eigenvalue weighted by molar-refractivity contribution is -0.121. The van der Waals surface area contributed by atoms with E-state index in [1.807, 2.05) is 19.1 Å². The number of nitrogens with one attached hydrogen (secondary N) is 1. The summed E-state index contributed by atoms with van der Waals surface area (Å²) < 4.78 is 25.9. The maximum atomic E-state index is 13.1. The zero-order valence-corrected chi connectivity index (χ0v) is 11.6. The molecule has 1 unspecified atom stereocenters. The van der Waals surface area contributed by atoms with Crippen molar-refractivity contribution in [2.75, 3.05) is 5.73 Å². The van der Waals surface area contributed by atoms with Crippen LogP contribution < -0.4 is 11.1 Å². The number of hydrogen-bond donors (Lipinski definition) is 2. The predicted molar refractivity (Wildman–Crippen MR) is 77.5 cm³/mol. The van der Waals surface area contributed by atoms with Gasteiger partial charge in [-0.3, -0.25) is 4.79 Å². The number of nitrogen functional groups attached to an aromatic ring is 1. The Balaban J connectivity index is 1.99. The number of amides is 1. The van der Waals surface area contributed by atoms with Crippen molar-refractivity contribution < 1.29 is 13.6 Å². The van der Waals surface area contributed by atoms with E-state index in [1.54, 1.807) is 12.1 Å². The molecule has 0 aliphatic rings. The molecule has 2 aromatic carbocycles. The van der Waals surface area contributed by atoms with Crippen molar-refractivity contribution in [2.24, 2.45) is 0 Å². The van der Waals surface area contributed by atoms with E-state index >= 15 is 0 Å². The SMILES string of the molecule is CC(NC(=O)Cc1ccc(F)c(F)c1)c1cccc(N)c1. The number of halogens is 2. The molecule has 3 N–H and O–H groups in total. The highest BCUT2D eigenvalue weighted by Crippen LogP contribution is 2.16. The van der Waals surface area contributed by atoms with Crippen LogP contribution in [0.25, 0.3) is 0 Å². The number of hydrogen-bond acceptors (Lipinski definition) is 2. The Kier molecular flexibility index (Phi) is 4.52. The Hall–Kier alpha value is -2.43. The molecular formula is C16H16F2N2O. The molecule has 3 nitrogen and oxygen atoms in total. The van der Waals surface area contributed by atoms with Crippen molar-refractivity contribution in [3.63, 3.8) is 0 Å². The summed E-state index contributed by atoms with van der Waals surface area (Å²) in [7, 11) is 0. The number of nitrogens with two attached hydrogens (primary N) is 1. The molecular weight excluding hydrogens is 274 g/mol. The number of carbonyl (C=O) groups is 1. The van der Waals surface area contributed by atoms with Crippen molar-refractivity contribution in [1.29, 1.82) is 0 Å². The summed E-state index contributed by atoms with van der Waals surface area (Å²) in [5.41, 5.74) is 7.62. The minimum Gasteiger partial charge on any atom is -0.399 e. The fourth-order valence-corrected chi connectivity index (χ4v) is 2.04. The molecule has 1 amide bonds. The normalized spacial score (nSPS) is 12.0. The lowest BCUT2D eigenvalue weighted by atomic mass is 10.1. The van der Waals surface area contributed by atoms with Crippen molar-refractivity contribution in [2.45, 2.75) is 19.4 Å². The van der Waals surface area contributed by atoms with Gasteiger partial charge in [-0.1, -0.05) is 18.2 Å². The van der Waals surface area contributed by atoms with Crippen LogP contribution in [0.1, 0.15) is 24.1 Å². The van der Waals surface area contributed by atoms with Crippen molar-refractivity contribution >= 4 is 11.6 Å². The minimum absolute atomic E-state index is 0.0101. The molecule has 0 heterocycles. The zero-order chi connectivity index (χ0) is 15.4. The first kappa shape index (κ1) is 15.0. The van der Waals surface area contributed by atoms with E-state index in [-0.39, 0.29) is 18.4 Å². The van der Waals surface area contributed by atoms with Crippen molar-refractivity contribution in [3.8, 4) is 0 Å². The molecule has 110 valence electrons. The summed E-state index contributed by atoms with van der Waals surface area (Å²) >= 11 is 0. The van der Waals surface area contributed by atoms with Gasteiger partial charge in [-0.05, 0) is 42.3 Å². The van der Waals surface area contributed by atoms with Crippen LogP contribution in [0.5, 0.6) is 0 Å². The second-order valence-electron chi connectivity index (χ2n) is 4.88. The van der Waals surface area contributed by atoms with Crippen LogP contribution in [0.2, 0.25) is 0 Å². The molecule has 0 saturated carbocycles. The van der Waals surface area contributed by atoms with Gasteiger partial charge in [-0.25, -0.2) is 8.78 Å². The van der Waals surface area contributed by atoms with Crippen LogP contribution in [0.3, 0.4) is 0 Å². The van der Waals surface area contributed by atoms with Crippen LogP contribution in [-0.4, -0.2) is 5.91 Å². The topological polar surface area (TPSA) is 55.1 Å². The molecule has 0 bridgehead atoms. The van der Waals surface area contributed by atoms with Crippen LogP contribution in [0.4, 0.5) is 14.5 Å². The third-order valence-corrected chi connectivity index (χ3v) is 3.14. The average molecular weight is 290 g/mol. The lowest BCUT2D eigenvalue weighted by Crippen LogP contribution is -2.28. The average Bonchev–Trinajstić information content (AvgIpc) is 2.43. The van der Waals surface area contributed by atoms with E-state index in [4.69, 9.17) is 5.73 Å². The molecule has 0 aromatic heterocycles. The number of rotatable bonds is 4. The second-order valence-corrected chi connectivity index (χ2v) is 4.88. The Morgan fingerprint density at radius 1 is 1.19 bits per heavy atom. The van der Waals surface area contributed by atoms with Gasteiger partial charge in [0.1, 0.15) is 0 Å². The summed E-state index contributed by atoms with van der Waals surface area (Å²) in [5, 5.41) is 2.80. The largest absolute Gasteiger partial charge is 0.399 e. The molecule has 1 atom stereocenters. The monoisotopic (exact) mass is 290 g/mol. The van der Waals surface area contributed by atoms with Gasteiger partial charge in [0.05, 0.1) is 12.5 Å². The highest BCUT2D eigenvalue weighted by molar-refractivity contribution is 5.79. The van der Waals surface area contributed by atoms with Gasteiger partial charge in [0.15, 0.2) is 11.6 Å². The van der Waals surface area contributed by atoms with E-state index in [0.717, 1.165) is 17.7 Å². The molecule has 5 heteroatoms. The van der Waals surface area contributed by atoms with Crippen LogP contribution >= 0.6 is 0 Å². The standard InChI is InChI=1S/C16H16F2N2O/c1-10(12-3-2-4-13(19)9-12)20-16(21)8-11-5-6-14(17)15(18)7-11/h2-7,9-10H,8,19H2,1H3,(H,20,21). The molecule has 0 saturated heterocycles. The summed E-state index contributed by atoms with van der Waals surface area (Å²) in [6, 6.07) is 10.4. The van der Waals surface area contributed by atoms with Crippen LogP contribution in [0, 0.1) is 11.6 Å². The maximum absolute atomic E-state index is 13.1. The van der Waals surface area contributed by atoms with E-state index in [2.05, 4.69) is 5.32 Å². The maximum Gasteiger partial charge on any atom is 0.224 e. The molecule has 0 radical (unpaired) electrons. The van der Waals surface area contributed by atoms with Gasteiger partial charge >= 0.3 is 0 Å². The van der Waals surface area contributed by atoms with E-state index in [0.29, 0.717) is 11.3 Å². The van der Waals surface area contributed by atoms with Crippen LogP contribution in [0.15, 0.2) is 42.5 Å². The first-order valence-electron chi connectivity index (χ1n) is 6.54. The molecule has 0 spiro atoms. The molecule has 0 fully saturated rings. The zero-order valence-electron chi connectivity index (χ0n) is 11.6. The Morgan fingerprint density at radius 2 is 1.95 bits per heavy atom. The Morgan fingerprint density at radius 3 is 2.62 bits per heavy atom. The third kappa shape index (κ3) is 4.02. The summed E-state index contributed by atoms with van der Waals surface area (Å²) in [6.45, 7) is 1.83. The van der Waals surface area contributed by atoms with Gasteiger partial charge in [0.2, 0.25) is 5.91 Å². The predicted octanol–water partition coefficient (Wildman–Crippen LogP) is 2.97. The Bertz CT molecular complexity index is 658. The Labute approximate surface area is 121 Å². The molecule has 0 aliphatic carbocycles. The smallest absolute Gasteiger partial charge is 0.224 e. The quantitative estimate of drug-likeness (QED) is 0.851. The van der Waals surface area contributed by atoms with Crippen molar-refractivity contribution in [1.82, 2.24) is 5.32 Å². The number of carbonyl (C=O) groups excluding carboxylic acids is 1. The molecule has 21 heavy (non-hydrogen) atoms. The highest BCUT2D eigenvalue weighted by atomic mass is 19.2. The van der Waals surface area contributed by atoms with Crippen LogP contribution in [-0.2, 0) is 11.2 Å². The number of anilines is 1. The van der Waals surface area contributed by atoms with Gasteiger partial charge in [-0.15, -0.1) is 0 Å². The summed E-state index contributed by atoms with van der Waals surface area (Å²) in [5.74, 6) is -2.15. The fourth-order valence-electron chi connectivity index (χ4n) is 2.04. The van der Waals surface area contributed by atoms with Gasteiger partial charge in [0, 0.05) is 5.69 Å². The minimum atomic E-state index is -0.954. The van der Waals surface area contributed by atoms with E-state index in [9.17, 15) is 13.6 Å². The van der Waals surface area contributed by atoms with E-state index < -0.39 is 11.6 Å². The lowest BCUT2D eigenvalue weighted by Gasteiger charge is -2.15. The molecule has 2 rings (SSSR count). The van der Waals surface area contributed by atoms with Gasteiger partial charge < -0.3 is 11.1 Å². The highest BCUT2D eigenvalue weighted by Gasteiger charge is 2.11. The van der Waals surface area contributed by atoms with E-state index in [1.165, 1.54) is 6.07 Å². The number of benzene rings is 2. The molecule has 0 aliphatic heterocycles. The third-order valence-electron chi connectivity index (χ3n) is 3.14. The first-order valence-corrected chi connectivity index (χ1v) is 6.54. The van der Waals surface area contributed by atoms with Gasteiger partial charge in [-0.2, -0.15) is 0 Å². The first-order chi connectivity index (χ1) is 9.95. The summed E-state index contributed by atoms with van der Waals surface area (Å²) in [4.78, 5) is 11.9. The summed E-state index contributed by atoms with van der Waals surface area (Å²) in [6.07, 6.45) is -0.0101. The molecule has 2 aromatic rings. The van der Waals surface area contributed by atoms with Gasteiger partial charge in [0.25, 0.3) is 0 Å². The second kappa shape index (κ2) is 6.35. The van der Waals surface area contributed by atoms with Crippen molar-refractivity contribution in [3.05, 3.63) is 65.2 Å².